The Bertz CT molecular complexity index is 499. The van der Waals surface area contributed by atoms with Gasteiger partial charge in [-0.05, 0) is 39.5 Å². The van der Waals surface area contributed by atoms with Gasteiger partial charge < -0.3 is 19.9 Å². The van der Waals surface area contributed by atoms with Crippen molar-refractivity contribution in [2.75, 3.05) is 13.2 Å². The highest BCUT2D eigenvalue weighted by molar-refractivity contribution is 14.0. The number of halogens is 1. The normalized spacial score (nSPS) is 20.8. The highest BCUT2D eigenvalue weighted by Gasteiger charge is 2.27. The summed E-state index contributed by atoms with van der Waals surface area (Å²) < 4.78 is 9.91. The molecule has 0 amide bonds. The van der Waals surface area contributed by atoms with E-state index < -0.39 is 0 Å². The Balaban J connectivity index is 0.00000288. The molecule has 1 aliphatic carbocycles. The smallest absolute Gasteiger partial charge is 0.308 e. The monoisotopic (exact) mass is 450 g/mol. The number of nitrogens with zero attached hydrogens (tertiary/aromatic N) is 2. The Morgan fingerprint density at radius 1 is 1.38 bits per heavy atom. The van der Waals surface area contributed by atoms with E-state index in [9.17, 15) is 4.79 Å². The largest absolute Gasteiger partial charge is 0.466 e. The minimum Gasteiger partial charge on any atom is -0.466 e. The third kappa shape index (κ3) is 6.66. The molecule has 1 saturated carbocycles. The molecule has 24 heavy (non-hydrogen) atoms. The number of aliphatic imine (C=N–C) groups is 1. The van der Waals surface area contributed by atoms with E-state index in [0.29, 0.717) is 19.2 Å². The van der Waals surface area contributed by atoms with E-state index >= 15 is 0 Å². The van der Waals surface area contributed by atoms with Gasteiger partial charge >= 0.3 is 5.97 Å². The maximum Gasteiger partial charge on any atom is 0.308 e. The number of ether oxygens (including phenoxy) is 1. The van der Waals surface area contributed by atoms with Crippen molar-refractivity contribution in [1.82, 2.24) is 15.8 Å². The molecular weight excluding hydrogens is 423 g/mol. The van der Waals surface area contributed by atoms with Gasteiger partial charge in [0.15, 0.2) is 5.96 Å². The first-order valence-electron chi connectivity index (χ1n) is 8.33. The molecule has 0 atom stereocenters. The summed E-state index contributed by atoms with van der Waals surface area (Å²) in [4.78, 5) is 16.3. The van der Waals surface area contributed by atoms with Crippen molar-refractivity contribution < 1.29 is 14.1 Å². The molecule has 1 aromatic heterocycles. The third-order valence-corrected chi connectivity index (χ3v) is 3.92. The molecular formula is C16H27IN4O3. The fourth-order valence-corrected chi connectivity index (χ4v) is 2.73. The lowest BCUT2D eigenvalue weighted by Crippen LogP contribution is -2.45. The Morgan fingerprint density at radius 2 is 2.12 bits per heavy atom. The molecule has 136 valence electrons. The Morgan fingerprint density at radius 3 is 2.71 bits per heavy atom. The highest BCUT2D eigenvalue weighted by Crippen LogP contribution is 2.25. The van der Waals surface area contributed by atoms with Crippen molar-refractivity contribution in [2.45, 2.75) is 52.1 Å². The summed E-state index contributed by atoms with van der Waals surface area (Å²) in [6.07, 6.45) is 5.15. The first-order valence-corrected chi connectivity index (χ1v) is 8.33. The van der Waals surface area contributed by atoms with Gasteiger partial charge in [-0.25, -0.2) is 4.99 Å². The van der Waals surface area contributed by atoms with Crippen molar-refractivity contribution in [3.05, 3.63) is 18.0 Å². The number of guanidine groups is 1. The Kier molecular flexibility index (Phi) is 9.73. The number of esters is 1. The van der Waals surface area contributed by atoms with Crippen LogP contribution in [0.3, 0.4) is 0 Å². The summed E-state index contributed by atoms with van der Waals surface area (Å²) in [6.45, 7) is 5.60. The van der Waals surface area contributed by atoms with E-state index in [0.717, 1.165) is 43.9 Å². The van der Waals surface area contributed by atoms with E-state index in [1.807, 2.05) is 13.8 Å². The van der Waals surface area contributed by atoms with Gasteiger partial charge in [0.05, 0.1) is 19.1 Å². The van der Waals surface area contributed by atoms with Crippen LogP contribution in [-0.4, -0.2) is 36.3 Å². The average molecular weight is 450 g/mol. The number of carbonyl (C=O) groups excluding carboxylic acids is 1. The molecule has 2 N–H and O–H groups in total. The lowest BCUT2D eigenvalue weighted by atomic mass is 9.86. The van der Waals surface area contributed by atoms with Crippen molar-refractivity contribution >= 4 is 35.9 Å². The van der Waals surface area contributed by atoms with Gasteiger partial charge in [0.2, 0.25) is 0 Å². The van der Waals surface area contributed by atoms with Crippen LogP contribution in [0.5, 0.6) is 0 Å². The average Bonchev–Trinajstić information content (AvgIpc) is 3.07. The molecule has 1 aliphatic rings. The molecule has 8 heteroatoms. The molecule has 0 aliphatic heterocycles. The lowest BCUT2D eigenvalue weighted by molar-refractivity contribution is -0.149. The second kappa shape index (κ2) is 11.3. The van der Waals surface area contributed by atoms with Crippen LogP contribution < -0.4 is 10.6 Å². The molecule has 7 nitrogen and oxygen atoms in total. The first kappa shape index (κ1) is 20.7. The van der Waals surface area contributed by atoms with Gasteiger partial charge in [0, 0.05) is 18.7 Å². The topological polar surface area (TPSA) is 88.8 Å². The van der Waals surface area contributed by atoms with Crippen LogP contribution in [0.4, 0.5) is 0 Å². The highest BCUT2D eigenvalue weighted by atomic mass is 127. The molecule has 0 unspecified atom stereocenters. The quantitative estimate of drug-likeness (QED) is 0.300. The summed E-state index contributed by atoms with van der Waals surface area (Å²) in [5, 5.41) is 10.5. The number of rotatable bonds is 6. The maximum absolute atomic E-state index is 11.8. The van der Waals surface area contributed by atoms with Crippen LogP contribution in [0.1, 0.15) is 45.2 Å². The van der Waals surface area contributed by atoms with Crippen molar-refractivity contribution in [2.24, 2.45) is 10.9 Å². The van der Waals surface area contributed by atoms with Gasteiger partial charge in [-0.1, -0.05) is 5.16 Å². The number of aromatic nitrogens is 1. The number of carbonyl (C=O) groups is 1. The van der Waals surface area contributed by atoms with E-state index in [-0.39, 0.29) is 35.9 Å². The van der Waals surface area contributed by atoms with E-state index in [1.54, 1.807) is 12.3 Å². The number of hydrogen-bond acceptors (Lipinski definition) is 5. The lowest BCUT2D eigenvalue weighted by Gasteiger charge is -2.29. The van der Waals surface area contributed by atoms with E-state index in [2.05, 4.69) is 20.8 Å². The minimum absolute atomic E-state index is 0. The summed E-state index contributed by atoms with van der Waals surface area (Å²) >= 11 is 0. The fraction of sp³-hybridized carbons (Fsp3) is 0.688. The predicted octanol–water partition coefficient (Wildman–Crippen LogP) is 2.47. The zero-order chi connectivity index (χ0) is 16.5. The van der Waals surface area contributed by atoms with Crippen LogP contribution in [0.15, 0.2) is 21.8 Å². The Labute approximate surface area is 160 Å². The molecule has 0 aromatic carbocycles. The second-order valence-electron chi connectivity index (χ2n) is 5.63. The summed E-state index contributed by atoms with van der Waals surface area (Å²) in [5.41, 5.74) is 0.799. The van der Waals surface area contributed by atoms with Crippen molar-refractivity contribution in [3.8, 4) is 0 Å². The van der Waals surface area contributed by atoms with Gasteiger partial charge in [0.25, 0.3) is 0 Å². The van der Waals surface area contributed by atoms with Gasteiger partial charge in [0.1, 0.15) is 12.0 Å². The first-order chi connectivity index (χ1) is 11.2. The summed E-state index contributed by atoms with van der Waals surface area (Å²) in [5.74, 6) is 0.760. The van der Waals surface area contributed by atoms with E-state index in [4.69, 9.17) is 9.26 Å². The molecule has 0 saturated heterocycles. The zero-order valence-electron chi connectivity index (χ0n) is 14.3. The zero-order valence-corrected chi connectivity index (χ0v) is 16.6. The molecule has 0 bridgehead atoms. The van der Waals surface area contributed by atoms with Crippen molar-refractivity contribution in [1.29, 1.82) is 0 Å². The van der Waals surface area contributed by atoms with Crippen LogP contribution in [0, 0.1) is 5.92 Å². The van der Waals surface area contributed by atoms with Crippen LogP contribution >= 0.6 is 24.0 Å². The number of nitrogens with one attached hydrogen (secondary N) is 2. The van der Waals surface area contributed by atoms with Crippen LogP contribution in [0.25, 0.3) is 0 Å². The summed E-state index contributed by atoms with van der Waals surface area (Å²) in [6, 6.07) is 2.13. The molecule has 1 fully saturated rings. The molecule has 2 rings (SSSR count). The standard InChI is InChI=1S/C16H26N4O3.HI/c1-3-17-16(18-11-14-9-10-23-20-14)19-13-7-5-12(6-8-13)15(21)22-4-2;/h9-10,12-13H,3-8,11H2,1-2H3,(H2,17,18,19);1H. The van der Waals surface area contributed by atoms with Crippen LogP contribution in [-0.2, 0) is 16.1 Å². The molecule has 1 aromatic rings. The molecule has 0 spiro atoms. The maximum atomic E-state index is 11.8. The van der Waals surface area contributed by atoms with Gasteiger partial charge in [-0.15, -0.1) is 24.0 Å². The third-order valence-electron chi connectivity index (χ3n) is 3.92. The Hall–Kier alpha value is -1.32. The molecule has 1 heterocycles. The summed E-state index contributed by atoms with van der Waals surface area (Å²) in [7, 11) is 0. The van der Waals surface area contributed by atoms with Crippen molar-refractivity contribution in [3.63, 3.8) is 0 Å². The fourth-order valence-electron chi connectivity index (χ4n) is 2.73. The SMILES string of the molecule is CCNC(=NCc1ccon1)NC1CCC(C(=O)OCC)CC1.I. The second-order valence-corrected chi connectivity index (χ2v) is 5.63. The van der Waals surface area contributed by atoms with Gasteiger partial charge in [-0.3, -0.25) is 4.79 Å². The van der Waals surface area contributed by atoms with E-state index in [1.165, 1.54) is 0 Å². The predicted molar refractivity (Wildman–Crippen MR) is 102 cm³/mol. The van der Waals surface area contributed by atoms with Gasteiger partial charge in [-0.2, -0.15) is 0 Å². The van der Waals surface area contributed by atoms with Crippen LogP contribution in [0.2, 0.25) is 0 Å². The number of hydrogen-bond donors (Lipinski definition) is 2. The molecule has 0 radical (unpaired) electrons. The minimum atomic E-state index is -0.0578.